The maximum atomic E-state index is 13.4. The first kappa shape index (κ1) is 24.3. The smallest absolute Gasteiger partial charge is 0.243 e. The van der Waals surface area contributed by atoms with Gasteiger partial charge in [0.25, 0.3) is 0 Å². The predicted octanol–water partition coefficient (Wildman–Crippen LogP) is 5.37. The maximum Gasteiger partial charge on any atom is 0.243 e. The second kappa shape index (κ2) is 10.5. The van der Waals surface area contributed by atoms with Crippen LogP contribution >= 0.6 is 23.2 Å². The number of halogens is 2. The zero-order chi connectivity index (χ0) is 23.3. The standard InChI is InChI=1S/C24H24Cl2N2O3S/c1-17-8-12-22(13-9-17)32(30,31)28(15-20-10-11-21(25)14-23(20)26)16-24(29)27-18(2)19-6-4-3-5-7-19/h3-14,18H,15-16H2,1-2H3,(H,27,29)/t18-/m0/s1. The van der Waals surface area contributed by atoms with E-state index in [4.69, 9.17) is 23.2 Å². The van der Waals surface area contributed by atoms with Crippen molar-refractivity contribution in [1.29, 1.82) is 0 Å². The van der Waals surface area contributed by atoms with E-state index >= 15 is 0 Å². The zero-order valence-electron chi connectivity index (χ0n) is 17.8. The van der Waals surface area contributed by atoms with Crippen molar-refractivity contribution in [3.05, 3.63) is 99.5 Å². The molecule has 3 aromatic carbocycles. The quantitative estimate of drug-likeness (QED) is 0.461. The largest absolute Gasteiger partial charge is 0.348 e. The van der Waals surface area contributed by atoms with Gasteiger partial charge in [0.2, 0.25) is 15.9 Å². The molecule has 0 radical (unpaired) electrons. The molecule has 0 unspecified atom stereocenters. The summed E-state index contributed by atoms with van der Waals surface area (Å²) in [4.78, 5) is 12.9. The van der Waals surface area contributed by atoms with Crippen molar-refractivity contribution in [3.63, 3.8) is 0 Å². The number of amides is 1. The SMILES string of the molecule is Cc1ccc(S(=O)(=O)N(CC(=O)N[C@@H](C)c2ccccc2)Cc2ccc(Cl)cc2Cl)cc1. The van der Waals surface area contributed by atoms with Crippen molar-refractivity contribution >= 4 is 39.1 Å². The van der Waals surface area contributed by atoms with Gasteiger partial charge in [0.05, 0.1) is 17.5 Å². The summed E-state index contributed by atoms with van der Waals surface area (Å²) in [6.45, 7) is 3.30. The summed E-state index contributed by atoms with van der Waals surface area (Å²) in [5.74, 6) is -0.415. The molecule has 168 valence electrons. The third-order valence-corrected chi connectivity index (χ3v) is 7.41. The second-order valence-corrected chi connectivity index (χ2v) is 10.3. The van der Waals surface area contributed by atoms with E-state index in [0.29, 0.717) is 15.6 Å². The molecule has 8 heteroatoms. The Bertz CT molecular complexity index is 1180. The fourth-order valence-electron chi connectivity index (χ4n) is 3.20. The Morgan fingerprint density at radius 2 is 1.66 bits per heavy atom. The first-order valence-corrected chi connectivity index (χ1v) is 12.2. The van der Waals surface area contributed by atoms with Gasteiger partial charge in [-0.25, -0.2) is 8.42 Å². The van der Waals surface area contributed by atoms with E-state index in [0.717, 1.165) is 15.4 Å². The van der Waals surface area contributed by atoms with E-state index in [1.165, 1.54) is 12.1 Å². The summed E-state index contributed by atoms with van der Waals surface area (Å²) in [6.07, 6.45) is 0. The van der Waals surface area contributed by atoms with Crippen molar-refractivity contribution in [1.82, 2.24) is 9.62 Å². The van der Waals surface area contributed by atoms with Gasteiger partial charge in [0.15, 0.2) is 0 Å². The molecule has 0 bridgehead atoms. The summed E-state index contributed by atoms with van der Waals surface area (Å²) in [5.41, 5.74) is 2.41. The van der Waals surface area contributed by atoms with Crippen LogP contribution in [0.3, 0.4) is 0 Å². The highest BCUT2D eigenvalue weighted by molar-refractivity contribution is 7.89. The minimum absolute atomic E-state index is 0.0701. The summed E-state index contributed by atoms with van der Waals surface area (Å²) < 4.78 is 27.9. The molecule has 32 heavy (non-hydrogen) atoms. The Hall–Kier alpha value is -2.38. The zero-order valence-corrected chi connectivity index (χ0v) is 20.1. The molecule has 1 atom stereocenters. The van der Waals surface area contributed by atoms with Crippen LogP contribution in [-0.4, -0.2) is 25.2 Å². The van der Waals surface area contributed by atoms with Crippen LogP contribution in [0.4, 0.5) is 0 Å². The fourth-order valence-corrected chi connectivity index (χ4v) is 5.04. The molecule has 0 saturated heterocycles. The number of hydrogen-bond donors (Lipinski definition) is 1. The Morgan fingerprint density at radius 3 is 2.28 bits per heavy atom. The maximum absolute atomic E-state index is 13.4. The lowest BCUT2D eigenvalue weighted by atomic mass is 10.1. The predicted molar refractivity (Wildman–Crippen MR) is 128 cm³/mol. The highest BCUT2D eigenvalue weighted by atomic mass is 35.5. The molecule has 0 saturated carbocycles. The molecule has 0 fully saturated rings. The molecule has 0 spiro atoms. The molecule has 0 aliphatic carbocycles. The molecule has 3 rings (SSSR count). The van der Waals surface area contributed by atoms with Crippen LogP contribution in [0.2, 0.25) is 10.0 Å². The Morgan fingerprint density at radius 1 is 1.00 bits per heavy atom. The Balaban J connectivity index is 1.87. The lowest BCUT2D eigenvalue weighted by Gasteiger charge is -2.24. The fraction of sp³-hybridized carbons (Fsp3) is 0.208. The molecule has 0 aromatic heterocycles. The van der Waals surface area contributed by atoms with E-state index in [1.54, 1.807) is 30.3 Å². The van der Waals surface area contributed by atoms with Gasteiger partial charge < -0.3 is 5.32 Å². The van der Waals surface area contributed by atoms with Crippen molar-refractivity contribution in [2.24, 2.45) is 0 Å². The molecule has 1 amide bonds. The Kier molecular flexibility index (Phi) is 7.96. The lowest BCUT2D eigenvalue weighted by Crippen LogP contribution is -2.41. The molecule has 0 aliphatic rings. The van der Waals surface area contributed by atoms with Gasteiger partial charge in [-0.2, -0.15) is 4.31 Å². The molecule has 1 N–H and O–H groups in total. The Labute approximate surface area is 199 Å². The highest BCUT2D eigenvalue weighted by Gasteiger charge is 2.28. The molecule has 0 heterocycles. The van der Waals surface area contributed by atoms with Gasteiger partial charge in [0, 0.05) is 16.6 Å². The van der Waals surface area contributed by atoms with Crippen LogP contribution in [0, 0.1) is 6.92 Å². The molecular weight excluding hydrogens is 467 g/mol. The monoisotopic (exact) mass is 490 g/mol. The average Bonchev–Trinajstić information content (AvgIpc) is 2.75. The number of benzene rings is 3. The molecular formula is C24H24Cl2N2O3S. The van der Waals surface area contributed by atoms with E-state index in [-0.39, 0.29) is 24.0 Å². The van der Waals surface area contributed by atoms with Gasteiger partial charge in [0.1, 0.15) is 0 Å². The van der Waals surface area contributed by atoms with Crippen molar-refractivity contribution in [2.75, 3.05) is 6.54 Å². The third kappa shape index (κ3) is 6.11. The number of sulfonamides is 1. The van der Waals surface area contributed by atoms with Crippen molar-refractivity contribution < 1.29 is 13.2 Å². The number of carbonyl (C=O) groups excluding carboxylic acids is 1. The number of rotatable bonds is 8. The molecule has 3 aromatic rings. The van der Waals surface area contributed by atoms with Gasteiger partial charge >= 0.3 is 0 Å². The van der Waals surface area contributed by atoms with Gasteiger partial charge in [-0.1, -0.05) is 77.3 Å². The number of nitrogens with one attached hydrogen (secondary N) is 1. The van der Waals surface area contributed by atoms with Crippen LogP contribution in [-0.2, 0) is 21.4 Å². The topological polar surface area (TPSA) is 66.5 Å². The number of hydrogen-bond acceptors (Lipinski definition) is 3. The lowest BCUT2D eigenvalue weighted by molar-refractivity contribution is -0.122. The summed E-state index contributed by atoms with van der Waals surface area (Å²) in [7, 11) is -3.96. The number of nitrogens with zero attached hydrogens (tertiary/aromatic N) is 1. The normalized spacial score (nSPS) is 12.5. The highest BCUT2D eigenvalue weighted by Crippen LogP contribution is 2.25. The van der Waals surface area contributed by atoms with E-state index < -0.39 is 15.9 Å². The van der Waals surface area contributed by atoms with Gasteiger partial charge in [-0.05, 0) is 49.2 Å². The van der Waals surface area contributed by atoms with Gasteiger partial charge in [-0.15, -0.1) is 0 Å². The van der Waals surface area contributed by atoms with Crippen LogP contribution in [0.1, 0.15) is 29.7 Å². The van der Waals surface area contributed by atoms with E-state index in [2.05, 4.69) is 5.32 Å². The van der Waals surface area contributed by atoms with Crippen LogP contribution in [0.5, 0.6) is 0 Å². The summed E-state index contributed by atoms with van der Waals surface area (Å²) in [5, 5.41) is 3.65. The van der Waals surface area contributed by atoms with Crippen molar-refractivity contribution in [2.45, 2.75) is 31.3 Å². The van der Waals surface area contributed by atoms with Crippen LogP contribution in [0.15, 0.2) is 77.7 Å². The number of aryl methyl sites for hydroxylation is 1. The van der Waals surface area contributed by atoms with Crippen molar-refractivity contribution in [3.8, 4) is 0 Å². The first-order chi connectivity index (χ1) is 15.2. The summed E-state index contributed by atoms with van der Waals surface area (Å²) in [6, 6.07) is 20.5. The minimum atomic E-state index is -3.96. The minimum Gasteiger partial charge on any atom is -0.348 e. The summed E-state index contributed by atoms with van der Waals surface area (Å²) >= 11 is 12.3. The molecule has 0 aliphatic heterocycles. The van der Waals surface area contributed by atoms with E-state index in [9.17, 15) is 13.2 Å². The second-order valence-electron chi connectivity index (χ2n) is 7.52. The van der Waals surface area contributed by atoms with Crippen LogP contribution in [0.25, 0.3) is 0 Å². The first-order valence-electron chi connectivity index (χ1n) is 10.0. The third-order valence-electron chi connectivity index (χ3n) is 5.02. The molecule has 5 nitrogen and oxygen atoms in total. The number of carbonyl (C=O) groups is 1. The van der Waals surface area contributed by atoms with Crippen LogP contribution < -0.4 is 5.32 Å². The van der Waals surface area contributed by atoms with E-state index in [1.807, 2.05) is 44.2 Å². The van der Waals surface area contributed by atoms with Gasteiger partial charge in [-0.3, -0.25) is 4.79 Å². The average molecular weight is 491 g/mol.